The molecule has 4 aliphatic carbocycles. The van der Waals surface area contributed by atoms with E-state index in [4.69, 9.17) is 0 Å². The molecular weight excluding hydrogens is 380 g/mol. The molecule has 0 aliphatic heterocycles. The summed E-state index contributed by atoms with van der Waals surface area (Å²) in [6, 6.07) is 0. The number of rotatable bonds is 2. The first kappa shape index (κ1) is 13.7. The Morgan fingerprint density at radius 1 is 0.944 bits per heavy atom. The Bertz CT molecular complexity index is 366. The Balaban J connectivity index is 2.04. The lowest BCUT2D eigenvalue weighted by Crippen LogP contribution is -2.65. The number of halogens is 6. The second-order valence-corrected chi connectivity index (χ2v) is 9.57. The summed E-state index contributed by atoms with van der Waals surface area (Å²) in [6.45, 7) is 0. The first-order valence-corrected chi connectivity index (χ1v) is 7.97. The molecule has 0 heterocycles. The van der Waals surface area contributed by atoms with Gasteiger partial charge in [0.1, 0.15) is 15.1 Å². The van der Waals surface area contributed by atoms with Crippen LogP contribution in [-0.4, -0.2) is 21.0 Å². The van der Waals surface area contributed by atoms with Crippen LogP contribution >= 0.6 is 31.9 Å². The van der Waals surface area contributed by atoms with E-state index in [1.807, 2.05) is 0 Å². The maximum atomic E-state index is 14.6. The van der Waals surface area contributed by atoms with Crippen molar-refractivity contribution in [3.63, 3.8) is 0 Å². The van der Waals surface area contributed by atoms with Crippen molar-refractivity contribution in [3.8, 4) is 0 Å². The zero-order chi connectivity index (χ0) is 13.4. The van der Waals surface area contributed by atoms with Crippen LogP contribution in [0, 0.1) is 11.3 Å². The minimum absolute atomic E-state index is 0.191. The Morgan fingerprint density at radius 3 is 1.83 bits per heavy atom. The molecule has 0 N–H and O–H groups in total. The first-order chi connectivity index (χ1) is 8.10. The lowest BCUT2D eigenvalue weighted by molar-refractivity contribution is -0.248. The Labute approximate surface area is 120 Å². The predicted molar refractivity (Wildman–Crippen MR) is 67.9 cm³/mol. The van der Waals surface area contributed by atoms with Crippen molar-refractivity contribution < 1.29 is 17.6 Å². The summed E-state index contributed by atoms with van der Waals surface area (Å²) in [5, 5.41) is 0. The van der Waals surface area contributed by atoms with Crippen LogP contribution in [0.1, 0.15) is 38.5 Å². The summed E-state index contributed by atoms with van der Waals surface area (Å²) < 4.78 is 56.7. The van der Waals surface area contributed by atoms with Crippen LogP contribution in [0.4, 0.5) is 17.6 Å². The lowest BCUT2D eigenvalue weighted by atomic mass is 9.46. The number of alkyl halides is 6. The highest BCUT2D eigenvalue weighted by Gasteiger charge is 2.72. The second kappa shape index (κ2) is 3.66. The van der Waals surface area contributed by atoms with E-state index in [1.54, 1.807) is 0 Å². The largest absolute Gasteiger partial charge is 0.275 e. The van der Waals surface area contributed by atoms with Gasteiger partial charge in [0, 0.05) is 11.8 Å². The van der Waals surface area contributed by atoms with Crippen molar-refractivity contribution in [3.05, 3.63) is 0 Å². The average molecular weight is 394 g/mol. The molecule has 6 heteroatoms. The third kappa shape index (κ3) is 1.73. The van der Waals surface area contributed by atoms with Gasteiger partial charge in [-0.1, -0.05) is 31.9 Å². The molecule has 0 nitrogen and oxygen atoms in total. The summed E-state index contributed by atoms with van der Waals surface area (Å²) in [7, 11) is 0. The molecule has 4 fully saturated rings. The van der Waals surface area contributed by atoms with Crippen molar-refractivity contribution in [2.24, 2.45) is 11.3 Å². The minimum Gasteiger partial charge on any atom is -0.244 e. The van der Waals surface area contributed by atoms with Gasteiger partial charge in [0.25, 0.3) is 5.92 Å². The molecule has 4 aliphatic rings. The van der Waals surface area contributed by atoms with E-state index in [0.29, 0.717) is 0 Å². The minimum atomic E-state index is -3.14. The summed E-state index contributed by atoms with van der Waals surface area (Å²) >= 11 is 5.69. The van der Waals surface area contributed by atoms with Crippen LogP contribution in [0.2, 0.25) is 0 Å². The highest BCUT2D eigenvalue weighted by molar-refractivity contribution is 9.24. The van der Waals surface area contributed by atoms with Crippen molar-refractivity contribution in [1.29, 1.82) is 0 Å². The zero-order valence-electron chi connectivity index (χ0n) is 9.67. The van der Waals surface area contributed by atoms with Gasteiger partial charge in [-0.3, -0.25) is 0 Å². The van der Waals surface area contributed by atoms with Crippen LogP contribution in [0.15, 0.2) is 0 Å². The van der Waals surface area contributed by atoms with Crippen molar-refractivity contribution >= 4 is 31.9 Å². The molecule has 4 rings (SSSR count). The van der Waals surface area contributed by atoms with Crippen LogP contribution in [0.25, 0.3) is 0 Å². The van der Waals surface area contributed by atoms with Crippen LogP contribution in [-0.2, 0) is 0 Å². The summed E-state index contributed by atoms with van der Waals surface area (Å²) in [4.78, 5) is 0. The van der Waals surface area contributed by atoms with E-state index >= 15 is 0 Å². The van der Waals surface area contributed by atoms with Gasteiger partial charge < -0.3 is 0 Å². The summed E-state index contributed by atoms with van der Waals surface area (Å²) in [5.74, 6) is -3.37. The topological polar surface area (TPSA) is 0 Å². The molecule has 4 bridgehead atoms. The Kier molecular flexibility index (Phi) is 2.77. The molecule has 0 aromatic carbocycles. The standard InChI is InChI=1S/C12H14Br2F4/c13-8(14)12(17,18)9-1-7-2-10(15,4-9)6-11(16,3-7)5-9/h7-8H,1-6H2. The van der Waals surface area contributed by atoms with Gasteiger partial charge in [0.05, 0.1) is 0 Å². The fourth-order valence-electron chi connectivity index (χ4n) is 4.81. The van der Waals surface area contributed by atoms with Crippen LogP contribution in [0.5, 0.6) is 0 Å². The maximum absolute atomic E-state index is 14.6. The lowest BCUT2D eigenvalue weighted by Gasteiger charge is -2.63. The van der Waals surface area contributed by atoms with Gasteiger partial charge in [0.15, 0.2) is 0 Å². The molecule has 0 aromatic rings. The summed E-state index contributed by atoms with van der Waals surface area (Å²) in [5.41, 5.74) is -4.99. The SMILES string of the molecule is FC12CC3CC(F)(C1)CC(C(F)(F)C(Br)Br)(C3)C2. The molecule has 0 saturated heterocycles. The second-order valence-electron chi connectivity index (χ2n) is 6.51. The molecule has 0 amide bonds. The van der Waals surface area contributed by atoms with Crippen LogP contribution in [0.3, 0.4) is 0 Å². The molecule has 18 heavy (non-hydrogen) atoms. The predicted octanol–water partition coefficient (Wildman–Crippen LogP) is 5.14. The monoisotopic (exact) mass is 392 g/mol. The molecule has 104 valence electrons. The van der Waals surface area contributed by atoms with Crippen LogP contribution < -0.4 is 0 Å². The van der Waals surface area contributed by atoms with Gasteiger partial charge in [-0.2, -0.15) is 0 Å². The number of hydrogen-bond donors (Lipinski definition) is 0. The van der Waals surface area contributed by atoms with Gasteiger partial charge >= 0.3 is 0 Å². The zero-order valence-corrected chi connectivity index (χ0v) is 12.8. The number of hydrogen-bond acceptors (Lipinski definition) is 0. The van der Waals surface area contributed by atoms with E-state index in [-0.39, 0.29) is 44.4 Å². The van der Waals surface area contributed by atoms with Gasteiger partial charge in [-0.05, 0) is 38.0 Å². The average Bonchev–Trinajstić information content (AvgIpc) is 2.10. The smallest absolute Gasteiger partial charge is 0.244 e. The first-order valence-electron chi connectivity index (χ1n) is 6.14. The van der Waals surface area contributed by atoms with Gasteiger partial charge in [0.2, 0.25) is 0 Å². The van der Waals surface area contributed by atoms with Gasteiger partial charge in [-0.25, -0.2) is 17.6 Å². The van der Waals surface area contributed by atoms with E-state index < -0.39 is 26.4 Å². The molecule has 0 spiro atoms. The van der Waals surface area contributed by atoms with Crippen molar-refractivity contribution in [2.75, 3.05) is 0 Å². The fraction of sp³-hybridized carbons (Fsp3) is 1.00. The molecule has 2 unspecified atom stereocenters. The van der Waals surface area contributed by atoms with Gasteiger partial charge in [-0.15, -0.1) is 0 Å². The Morgan fingerprint density at radius 2 is 1.44 bits per heavy atom. The highest BCUT2D eigenvalue weighted by Crippen LogP contribution is 2.70. The maximum Gasteiger partial charge on any atom is 0.275 e. The van der Waals surface area contributed by atoms with Crippen molar-refractivity contribution in [1.82, 2.24) is 0 Å². The third-order valence-electron chi connectivity index (χ3n) is 4.91. The third-order valence-corrected chi connectivity index (χ3v) is 6.06. The molecule has 0 radical (unpaired) electrons. The van der Waals surface area contributed by atoms with E-state index in [9.17, 15) is 17.6 Å². The Hall–Kier alpha value is 0.680. The van der Waals surface area contributed by atoms with E-state index in [0.717, 1.165) is 0 Å². The molecule has 0 aromatic heterocycles. The normalized spacial score (nSPS) is 51.2. The van der Waals surface area contributed by atoms with E-state index in [2.05, 4.69) is 31.9 Å². The fourth-order valence-corrected chi connectivity index (χ4v) is 5.78. The molecule has 4 saturated carbocycles. The molecular formula is C12H14Br2F4. The summed E-state index contributed by atoms with van der Waals surface area (Å²) in [6.07, 6.45) is 0.151. The molecule has 2 atom stereocenters. The van der Waals surface area contributed by atoms with Crippen molar-refractivity contribution in [2.45, 2.75) is 59.5 Å². The quantitative estimate of drug-likeness (QED) is 0.450. The van der Waals surface area contributed by atoms with E-state index in [1.165, 1.54) is 0 Å². The highest BCUT2D eigenvalue weighted by atomic mass is 79.9.